The Balaban J connectivity index is 2.11. The molecule has 2 heteroatoms. The number of nitrogens with one attached hydrogen (secondary N) is 1. The standard InChI is InChI=1S/C10H21NO/c1-4-7-11-8-9-5-6-10(2,3)12-9/h9,11H,4-8H2,1-3H3. The number of rotatable bonds is 4. The first-order valence-electron chi connectivity index (χ1n) is 5.02. The zero-order valence-corrected chi connectivity index (χ0v) is 8.52. The molecule has 0 bridgehead atoms. The van der Waals surface area contributed by atoms with E-state index in [9.17, 15) is 0 Å². The average Bonchev–Trinajstić information content (AvgIpc) is 2.31. The van der Waals surface area contributed by atoms with E-state index < -0.39 is 0 Å². The molecule has 0 aliphatic carbocycles. The highest BCUT2D eigenvalue weighted by Gasteiger charge is 2.30. The highest BCUT2D eigenvalue weighted by molar-refractivity contribution is 4.81. The van der Waals surface area contributed by atoms with Crippen molar-refractivity contribution in [1.82, 2.24) is 5.32 Å². The summed E-state index contributed by atoms with van der Waals surface area (Å²) in [6, 6.07) is 0. The molecule has 1 aliphatic rings. The van der Waals surface area contributed by atoms with Gasteiger partial charge in [-0.2, -0.15) is 0 Å². The van der Waals surface area contributed by atoms with Gasteiger partial charge in [-0.1, -0.05) is 6.92 Å². The van der Waals surface area contributed by atoms with Crippen LogP contribution in [0.2, 0.25) is 0 Å². The molecule has 1 aliphatic heterocycles. The predicted molar refractivity (Wildman–Crippen MR) is 51.3 cm³/mol. The lowest BCUT2D eigenvalue weighted by molar-refractivity contribution is -0.0140. The largest absolute Gasteiger partial charge is 0.371 e. The van der Waals surface area contributed by atoms with E-state index >= 15 is 0 Å². The molecule has 1 unspecified atom stereocenters. The molecule has 1 rings (SSSR count). The molecule has 0 spiro atoms. The van der Waals surface area contributed by atoms with Gasteiger partial charge >= 0.3 is 0 Å². The summed E-state index contributed by atoms with van der Waals surface area (Å²) in [6.45, 7) is 8.67. The first kappa shape index (κ1) is 10.0. The molecule has 1 atom stereocenters. The minimum Gasteiger partial charge on any atom is -0.371 e. The van der Waals surface area contributed by atoms with E-state index in [1.54, 1.807) is 0 Å². The Labute approximate surface area is 75.7 Å². The fourth-order valence-corrected chi connectivity index (χ4v) is 1.66. The monoisotopic (exact) mass is 171 g/mol. The van der Waals surface area contributed by atoms with Crippen molar-refractivity contribution < 1.29 is 4.74 Å². The SMILES string of the molecule is CCCNCC1CCC(C)(C)O1. The summed E-state index contributed by atoms with van der Waals surface area (Å²) in [7, 11) is 0. The van der Waals surface area contributed by atoms with Crippen LogP contribution in [-0.4, -0.2) is 24.8 Å². The minimum atomic E-state index is 0.124. The second kappa shape index (κ2) is 4.24. The van der Waals surface area contributed by atoms with Gasteiger partial charge in [0.15, 0.2) is 0 Å². The summed E-state index contributed by atoms with van der Waals surface area (Å²) in [5, 5.41) is 3.39. The molecular formula is C10H21NO. The molecule has 0 aromatic heterocycles. The molecule has 2 nitrogen and oxygen atoms in total. The topological polar surface area (TPSA) is 21.3 Å². The Hall–Kier alpha value is -0.0800. The molecule has 1 heterocycles. The molecule has 12 heavy (non-hydrogen) atoms. The van der Waals surface area contributed by atoms with Gasteiger partial charge in [-0.15, -0.1) is 0 Å². The van der Waals surface area contributed by atoms with Gasteiger partial charge in [-0.05, 0) is 39.7 Å². The highest BCUT2D eigenvalue weighted by atomic mass is 16.5. The first-order chi connectivity index (χ1) is 5.64. The van der Waals surface area contributed by atoms with Crippen LogP contribution in [0.1, 0.15) is 40.0 Å². The lowest BCUT2D eigenvalue weighted by atomic mass is 10.1. The van der Waals surface area contributed by atoms with Gasteiger partial charge in [-0.25, -0.2) is 0 Å². The van der Waals surface area contributed by atoms with Gasteiger partial charge in [0.1, 0.15) is 0 Å². The summed E-state index contributed by atoms with van der Waals surface area (Å²) in [6.07, 6.45) is 4.07. The Kier molecular flexibility index (Phi) is 3.53. The van der Waals surface area contributed by atoms with Gasteiger partial charge in [0.2, 0.25) is 0 Å². The normalized spacial score (nSPS) is 27.8. The smallest absolute Gasteiger partial charge is 0.0707 e. The summed E-state index contributed by atoms with van der Waals surface area (Å²) in [4.78, 5) is 0. The maximum absolute atomic E-state index is 5.83. The van der Waals surface area contributed by atoms with Crippen LogP contribution in [0.15, 0.2) is 0 Å². The Bertz CT molecular complexity index is 134. The van der Waals surface area contributed by atoms with E-state index in [4.69, 9.17) is 4.74 Å². The van der Waals surface area contributed by atoms with E-state index in [2.05, 4.69) is 26.1 Å². The van der Waals surface area contributed by atoms with Crippen LogP contribution in [0.3, 0.4) is 0 Å². The summed E-state index contributed by atoms with van der Waals surface area (Å²) < 4.78 is 5.83. The first-order valence-corrected chi connectivity index (χ1v) is 5.02. The van der Waals surface area contributed by atoms with Crippen molar-refractivity contribution in [3.8, 4) is 0 Å². The van der Waals surface area contributed by atoms with Crippen molar-refractivity contribution in [2.24, 2.45) is 0 Å². The number of hydrogen-bond donors (Lipinski definition) is 1. The number of ether oxygens (including phenoxy) is 1. The second-order valence-electron chi connectivity index (χ2n) is 4.24. The van der Waals surface area contributed by atoms with Gasteiger partial charge in [-0.3, -0.25) is 0 Å². The van der Waals surface area contributed by atoms with Gasteiger partial charge in [0.25, 0.3) is 0 Å². The Morgan fingerprint density at radius 3 is 2.75 bits per heavy atom. The van der Waals surface area contributed by atoms with Gasteiger partial charge < -0.3 is 10.1 Å². The van der Waals surface area contributed by atoms with E-state index in [0.29, 0.717) is 6.10 Å². The summed E-state index contributed by atoms with van der Waals surface area (Å²) >= 11 is 0. The van der Waals surface area contributed by atoms with Crippen LogP contribution in [0.5, 0.6) is 0 Å². The van der Waals surface area contributed by atoms with Crippen molar-refractivity contribution in [2.75, 3.05) is 13.1 Å². The zero-order chi connectivity index (χ0) is 9.03. The van der Waals surface area contributed by atoms with E-state index in [1.165, 1.54) is 19.3 Å². The number of hydrogen-bond acceptors (Lipinski definition) is 2. The molecule has 0 aromatic carbocycles. The molecule has 0 aromatic rings. The molecule has 72 valence electrons. The zero-order valence-electron chi connectivity index (χ0n) is 8.52. The van der Waals surface area contributed by atoms with Crippen LogP contribution in [0, 0.1) is 0 Å². The van der Waals surface area contributed by atoms with Crippen molar-refractivity contribution in [2.45, 2.75) is 51.7 Å². The van der Waals surface area contributed by atoms with Gasteiger partial charge in [0.05, 0.1) is 11.7 Å². The van der Waals surface area contributed by atoms with E-state index in [-0.39, 0.29) is 5.60 Å². The lowest BCUT2D eigenvalue weighted by Gasteiger charge is -2.19. The fourth-order valence-electron chi connectivity index (χ4n) is 1.66. The summed E-state index contributed by atoms with van der Waals surface area (Å²) in [5.74, 6) is 0. The second-order valence-corrected chi connectivity index (χ2v) is 4.24. The lowest BCUT2D eigenvalue weighted by Crippen LogP contribution is -2.29. The van der Waals surface area contributed by atoms with Crippen LogP contribution < -0.4 is 5.32 Å². The van der Waals surface area contributed by atoms with Crippen LogP contribution in [0.4, 0.5) is 0 Å². The highest BCUT2D eigenvalue weighted by Crippen LogP contribution is 2.28. The van der Waals surface area contributed by atoms with Crippen molar-refractivity contribution in [3.05, 3.63) is 0 Å². The van der Waals surface area contributed by atoms with Crippen molar-refractivity contribution in [3.63, 3.8) is 0 Å². The molecule has 0 amide bonds. The third-order valence-corrected chi connectivity index (χ3v) is 2.35. The van der Waals surface area contributed by atoms with Crippen LogP contribution in [0.25, 0.3) is 0 Å². The van der Waals surface area contributed by atoms with Crippen LogP contribution in [-0.2, 0) is 4.74 Å². The minimum absolute atomic E-state index is 0.124. The Morgan fingerprint density at radius 1 is 1.50 bits per heavy atom. The van der Waals surface area contributed by atoms with E-state index in [0.717, 1.165) is 13.1 Å². The molecule has 1 fully saturated rings. The maximum Gasteiger partial charge on any atom is 0.0707 e. The quantitative estimate of drug-likeness (QED) is 0.653. The molecule has 1 N–H and O–H groups in total. The third kappa shape index (κ3) is 3.11. The van der Waals surface area contributed by atoms with Crippen LogP contribution >= 0.6 is 0 Å². The maximum atomic E-state index is 5.83. The third-order valence-electron chi connectivity index (χ3n) is 2.35. The molecule has 0 saturated carbocycles. The fraction of sp³-hybridized carbons (Fsp3) is 1.00. The average molecular weight is 171 g/mol. The molecule has 1 saturated heterocycles. The van der Waals surface area contributed by atoms with E-state index in [1.807, 2.05) is 0 Å². The molecule has 0 radical (unpaired) electrons. The van der Waals surface area contributed by atoms with Crippen molar-refractivity contribution in [1.29, 1.82) is 0 Å². The summed E-state index contributed by atoms with van der Waals surface area (Å²) in [5.41, 5.74) is 0.124. The molecular weight excluding hydrogens is 150 g/mol. The van der Waals surface area contributed by atoms with Crippen molar-refractivity contribution >= 4 is 0 Å². The predicted octanol–water partition coefficient (Wildman–Crippen LogP) is 1.94. The van der Waals surface area contributed by atoms with Gasteiger partial charge in [0, 0.05) is 6.54 Å². The Morgan fingerprint density at radius 2 is 2.25 bits per heavy atom.